The first-order valence-corrected chi connectivity index (χ1v) is 12.1. The van der Waals surface area contributed by atoms with Gasteiger partial charge >= 0.3 is 0 Å². The SMILES string of the molecule is Cc1ccc2c(c1)C(C)(C)C1(/C=C/C=C/c3cnc(N4CCOCC4)s3)NC(=O)CCN21. The van der Waals surface area contributed by atoms with Crippen molar-refractivity contribution in [1.29, 1.82) is 0 Å². The molecule has 0 bridgehead atoms. The van der Waals surface area contributed by atoms with Gasteiger partial charge in [-0.2, -0.15) is 0 Å². The molecule has 2 aromatic rings. The predicted octanol–water partition coefficient (Wildman–Crippen LogP) is 3.87. The van der Waals surface area contributed by atoms with Gasteiger partial charge in [0.25, 0.3) is 0 Å². The molecule has 3 aliphatic heterocycles. The summed E-state index contributed by atoms with van der Waals surface area (Å²) in [4.78, 5) is 22.8. The number of anilines is 2. The molecule has 32 heavy (non-hydrogen) atoms. The zero-order chi connectivity index (χ0) is 22.3. The number of hydrogen-bond donors (Lipinski definition) is 1. The molecule has 0 spiro atoms. The Bertz CT molecular complexity index is 1080. The van der Waals surface area contributed by atoms with Crippen LogP contribution < -0.4 is 15.1 Å². The van der Waals surface area contributed by atoms with Gasteiger partial charge in [-0.25, -0.2) is 4.98 Å². The third kappa shape index (κ3) is 3.44. The number of nitrogens with one attached hydrogen (secondary N) is 1. The molecule has 3 aliphatic rings. The number of aryl methyl sites for hydroxylation is 1. The first-order chi connectivity index (χ1) is 15.4. The lowest BCUT2D eigenvalue weighted by atomic mass is 9.74. The number of allylic oxidation sites excluding steroid dienone is 2. The highest BCUT2D eigenvalue weighted by molar-refractivity contribution is 7.16. The Labute approximate surface area is 193 Å². The molecule has 0 radical (unpaired) electrons. The van der Waals surface area contributed by atoms with Crippen LogP contribution in [0.25, 0.3) is 6.08 Å². The number of carbonyl (C=O) groups is 1. The monoisotopic (exact) mass is 450 g/mol. The zero-order valence-corrected chi connectivity index (χ0v) is 19.7. The van der Waals surface area contributed by atoms with Crippen molar-refractivity contribution >= 4 is 34.1 Å². The van der Waals surface area contributed by atoms with Crippen molar-refractivity contribution in [3.8, 4) is 0 Å². The van der Waals surface area contributed by atoms with Gasteiger partial charge in [-0.15, -0.1) is 0 Å². The molecule has 6 nitrogen and oxygen atoms in total. The van der Waals surface area contributed by atoms with E-state index in [-0.39, 0.29) is 11.3 Å². The maximum Gasteiger partial charge on any atom is 0.223 e. The number of rotatable bonds is 4. The first-order valence-electron chi connectivity index (χ1n) is 11.2. The van der Waals surface area contributed by atoms with Crippen LogP contribution in [0.3, 0.4) is 0 Å². The summed E-state index contributed by atoms with van der Waals surface area (Å²) >= 11 is 1.69. The van der Waals surface area contributed by atoms with Gasteiger partial charge in [-0.3, -0.25) is 4.79 Å². The molecule has 1 aromatic carbocycles. The van der Waals surface area contributed by atoms with E-state index in [1.807, 2.05) is 6.20 Å². The highest BCUT2D eigenvalue weighted by Crippen LogP contribution is 2.52. The van der Waals surface area contributed by atoms with Crippen LogP contribution in [0.4, 0.5) is 10.8 Å². The Hall–Kier alpha value is -2.64. The van der Waals surface area contributed by atoms with E-state index in [1.54, 1.807) is 11.3 Å². The fraction of sp³-hybridized carbons (Fsp3) is 0.440. The zero-order valence-electron chi connectivity index (χ0n) is 18.9. The molecule has 4 heterocycles. The average molecular weight is 451 g/mol. The molecular weight excluding hydrogens is 420 g/mol. The van der Waals surface area contributed by atoms with Crippen molar-refractivity contribution in [3.05, 3.63) is 58.6 Å². The number of ether oxygens (including phenoxy) is 1. The third-order valence-electron chi connectivity index (χ3n) is 6.89. The molecule has 1 aromatic heterocycles. The van der Waals surface area contributed by atoms with E-state index in [0.29, 0.717) is 6.42 Å². The maximum absolute atomic E-state index is 12.5. The molecule has 1 unspecified atom stereocenters. The van der Waals surface area contributed by atoms with Gasteiger partial charge in [-0.1, -0.05) is 55.0 Å². The first kappa shape index (κ1) is 21.2. The Morgan fingerprint density at radius 3 is 2.81 bits per heavy atom. The number of fused-ring (bicyclic) bond motifs is 3. The van der Waals surface area contributed by atoms with Gasteiger partial charge < -0.3 is 19.9 Å². The molecule has 1 amide bonds. The minimum atomic E-state index is -0.574. The Morgan fingerprint density at radius 1 is 1.19 bits per heavy atom. The summed E-state index contributed by atoms with van der Waals surface area (Å²) in [6.45, 7) is 10.6. The maximum atomic E-state index is 12.5. The molecule has 1 atom stereocenters. The van der Waals surface area contributed by atoms with Crippen LogP contribution in [0.2, 0.25) is 0 Å². The normalized spacial score (nSPS) is 24.8. The molecular formula is C25H30N4O2S. The number of thiazole rings is 1. The van der Waals surface area contributed by atoms with Crippen molar-refractivity contribution < 1.29 is 9.53 Å². The highest BCUT2D eigenvalue weighted by Gasteiger charge is 2.57. The molecule has 168 valence electrons. The average Bonchev–Trinajstić information content (AvgIpc) is 3.32. The summed E-state index contributed by atoms with van der Waals surface area (Å²) in [5.41, 5.74) is 2.90. The number of hydrogen-bond acceptors (Lipinski definition) is 6. The summed E-state index contributed by atoms with van der Waals surface area (Å²) in [7, 11) is 0. The van der Waals surface area contributed by atoms with Crippen LogP contribution >= 0.6 is 11.3 Å². The third-order valence-corrected chi connectivity index (χ3v) is 7.91. The van der Waals surface area contributed by atoms with Crippen molar-refractivity contribution in [2.75, 3.05) is 42.6 Å². The van der Waals surface area contributed by atoms with Crippen molar-refractivity contribution in [2.24, 2.45) is 0 Å². The quantitative estimate of drug-likeness (QED) is 0.717. The van der Waals surface area contributed by atoms with Gasteiger partial charge in [0.05, 0.1) is 13.2 Å². The number of carbonyl (C=O) groups excluding carboxylic acids is 1. The Kier molecular flexibility index (Phi) is 5.34. The summed E-state index contributed by atoms with van der Waals surface area (Å²) in [6.07, 6.45) is 10.8. The van der Waals surface area contributed by atoms with E-state index in [2.05, 4.69) is 83.4 Å². The van der Waals surface area contributed by atoms with E-state index in [9.17, 15) is 4.79 Å². The standard InChI is InChI=1S/C25H30N4O2S/c1-18-7-8-21-20(16-18)24(2,3)25(27-22(30)9-11-29(21)25)10-5-4-6-19-17-26-23(32-19)28-12-14-31-15-13-28/h4-8,10,16-17H,9,11-15H2,1-3H3,(H,27,30)/b6-4+,10-5+. The van der Waals surface area contributed by atoms with Crippen molar-refractivity contribution in [2.45, 2.75) is 38.3 Å². The summed E-state index contributed by atoms with van der Waals surface area (Å²) in [5, 5.41) is 4.38. The van der Waals surface area contributed by atoms with Crippen molar-refractivity contribution in [1.82, 2.24) is 10.3 Å². The minimum absolute atomic E-state index is 0.102. The van der Waals surface area contributed by atoms with Gasteiger partial charge in [0, 0.05) is 48.2 Å². The van der Waals surface area contributed by atoms with E-state index in [4.69, 9.17) is 4.74 Å². The molecule has 5 rings (SSSR count). The largest absolute Gasteiger partial charge is 0.378 e. The molecule has 0 aliphatic carbocycles. The number of morpholine rings is 1. The second-order valence-electron chi connectivity index (χ2n) is 9.22. The smallest absolute Gasteiger partial charge is 0.223 e. The van der Waals surface area contributed by atoms with Crippen LogP contribution in [-0.2, 0) is 14.9 Å². The topological polar surface area (TPSA) is 57.7 Å². The molecule has 0 saturated carbocycles. The van der Waals surface area contributed by atoms with Gasteiger partial charge in [0.1, 0.15) is 5.66 Å². The Morgan fingerprint density at radius 2 is 2.00 bits per heavy atom. The number of nitrogens with zero attached hydrogens (tertiary/aromatic N) is 3. The van der Waals surface area contributed by atoms with Crippen molar-refractivity contribution in [3.63, 3.8) is 0 Å². The van der Waals surface area contributed by atoms with E-state index in [0.717, 1.165) is 42.9 Å². The van der Waals surface area contributed by atoms with E-state index >= 15 is 0 Å². The van der Waals surface area contributed by atoms with Gasteiger partial charge in [-0.05, 0) is 30.7 Å². The highest BCUT2D eigenvalue weighted by atomic mass is 32.1. The Balaban J connectivity index is 1.40. The van der Waals surface area contributed by atoms with E-state index in [1.165, 1.54) is 16.8 Å². The van der Waals surface area contributed by atoms with Crippen LogP contribution in [-0.4, -0.2) is 49.4 Å². The van der Waals surface area contributed by atoms with Crippen LogP contribution in [0.15, 0.2) is 42.6 Å². The summed E-state index contributed by atoms with van der Waals surface area (Å²) in [6, 6.07) is 6.61. The number of benzene rings is 1. The lowest BCUT2D eigenvalue weighted by molar-refractivity contribution is -0.124. The summed E-state index contributed by atoms with van der Waals surface area (Å²) < 4.78 is 5.43. The predicted molar refractivity (Wildman–Crippen MR) is 130 cm³/mol. The lowest BCUT2D eigenvalue weighted by Gasteiger charge is -2.49. The fourth-order valence-corrected chi connectivity index (χ4v) is 5.95. The number of amides is 1. The molecule has 7 heteroatoms. The van der Waals surface area contributed by atoms with Gasteiger partial charge in [0.15, 0.2) is 5.13 Å². The minimum Gasteiger partial charge on any atom is -0.378 e. The molecule has 2 fully saturated rings. The molecule has 1 N–H and O–H groups in total. The summed E-state index contributed by atoms with van der Waals surface area (Å²) in [5.74, 6) is 0.102. The van der Waals surface area contributed by atoms with Gasteiger partial charge in [0.2, 0.25) is 5.91 Å². The second-order valence-corrected chi connectivity index (χ2v) is 10.3. The van der Waals surface area contributed by atoms with Crippen LogP contribution in [0, 0.1) is 6.92 Å². The number of aromatic nitrogens is 1. The lowest BCUT2D eigenvalue weighted by Crippen LogP contribution is -2.68. The van der Waals surface area contributed by atoms with E-state index < -0.39 is 5.66 Å². The second kappa shape index (κ2) is 8.05. The fourth-order valence-electron chi connectivity index (χ4n) is 5.07. The van der Waals surface area contributed by atoms with Crippen LogP contribution in [0.5, 0.6) is 0 Å². The molecule has 2 saturated heterocycles. The van der Waals surface area contributed by atoms with Crippen LogP contribution in [0.1, 0.15) is 36.3 Å².